The lowest BCUT2D eigenvalue weighted by atomic mass is 10.0. The molecule has 1 aromatic rings. The van der Waals surface area contributed by atoms with Gasteiger partial charge in [0.15, 0.2) is 0 Å². The van der Waals surface area contributed by atoms with Crippen LogP contribution in [0.15, 0.2) is 30.3 Å². The van der Waals surface area contributed by atoms with E-state index in [1.54, 1.807) is 0 Å². The Kier molecular flexibility index (Phi) is 7.20. The molecule has 0 aromatic heterocycles. The van der Waals surface area contributed by atoms with Crippen molar-refractivity contribution in [2.75, 3.05) is 32.8 Å². The summed E-state index contributed by atoms with van der Waals surface area (Å²) in [7, 11) is 0. The van der Waals surface area contributed by atoms with E-state index < -0.39 is 0 Å². The van der Waals surface area contributed by atoms with E-state index in [1.165, 1.54) is 31.4 Å². The Balaban J connectivity index is 1.94. The first-order chi connectivity index (χ1) is 10.3. The second-order valence-electron chi connectivity index (χ2n) is 5.90. The molecule has 1 aliphatic heterocycles. The van der Waals surface area contributed by atoms with E-state index in [1.807, 2.05) is 0 Å². The van der Waals surface area contributed by atoms with Crippen LogP contribution >= 0.6 is 0 Å². The van der Waals surface area contributed by atoms with Gasteiger partial charge in [-0.2, -0.15) is 0 Å². The Hall–Kier alpha value is -0.900. The van der Waals surface area contributed by atoms with Crippen LogP contribution in [0.3, 0.4) is 0 Å². The molecule has 1 fully saturated rings. The van der Waals surface area contributed by atoms with Gasteiger partial charge in [0, 0.05) is 25.7 Å². The zero-order chi connectivity index (χ0) is 14.9. The van der Waals surface area contributed by atoms with E-state index in [2.05, 4.69) is 54.4 Å². The molecule has 1 saturated heterocycles. The molecule has 1 N–H and O–H groups in total. The van der Waals surface area contributed by atoms with Crippen LogP contribution in [0.1, 0.15) is 44.7 Å². The van der Waals surface area contributed by atoms with Gasteiger partial charge in [-0.3, -0.25) is 4.90 Å². The molecule has 0 aliphatic carbocycles. The van der Waals surface area contributed by atoms with Crippen LogP contribution in [0, 0.1) is 0 Å². The van der Waals surface area contributed by atoms with Crippen LogP contribution in [-0.4, -0.2) is 43.8 Å². The number of benzene rings is 1. The van der Waals surface area contributed by atoms with Crippen molar-refractivity contribution in [1.82, 2.24) is 10.2 Å². The number of ether oxygens (including phenoxy) is 1. The monoisotopic (exact) mass is 290 g/mol. The van der Waals surface area contributed by atoms with Crippen molar-refractivity contribution in [2.45, 2.75) is 45.3 Å². The first-order valence-corrected chi connectivity index (χ1v) is 8.45. The lowest BCUT2D eigenvalue weighted by molar-refractivity contribution is 0.00348. The highest BCUT2D eigenvalue weighted by molar-refractivity contribution is 5.19. The summed E-state index contributed by atoms with van der Waals surface area (Å²) in [4.78, 5) is 2.56. The fraction of sp³-hybridized carbons (Fsp3) is 0.667. The molecule has 0 spiro atoms. The molecule has 3 heteroatoms. The molecule has 0 saturated carbocycles. The Bertz CT molecular complexity index is 380. The van der Waals surface area contributed by atoms with E-state index in [9.17, 15) is 0 Å². The Morgan fingerprint density at radius 3 is 2.81 bits per heavy atom. The molecule has 21 heavy (non-hydrogen) atoms. The molecule has 1 aliphatic rings. The van der Waals surface area contributed by atoms with Crippen molar-refractivity contribution in [2.24, 2.45) is 0 Å². The smallest absolute Gasteiger partial charge is 0.0702 e. The third-order valence-electron chi connectivity index (χ3n) is 4.15. The van der Waals surface area contributed by atoms with Crippen LogP contribution < -0.4 is 5.32 Å². The minimum Gasteiger partial charge on any atom is -0.377 e. The van der Waals surface area contributed by atoms with Gasteiger partial charge in [0.25, 0.3) is 0 Å². The molecule has 118 valence electrons. The minimum absolute atomic E-state index is 0.423. The van der Waals surface area contributed by atoms with Crippen LogP contribution in [0.25, 0.3) is 0 Å². The van der Waals surface area contributed by atoms with E-state index in [0.717, 1.165) is 26.2 Å². The summed E-state index contributed by atoms with van der Waals surface area (Å²) in [5.74, 6) is 0. The number of piperidine rings is 1. The van der Waals surface area contributed by atoms with E-state index in [4.69, 9.17) is 4.74 Å². The number of hydrogen-bond acceptors (Lipinski definition) is 3. The maximum Gasteiger partial charge on any atom is 0.0702 e. The van der Waals surface area contributed by atoms with E-state index in [-0.39, 0.29) is 0 Å². The zero-order valence-electron chi connectivity index (χ0n) is 13.6. The van der Waals surface area contributed by atoms with Gasteiger partial charge < -0.3 is 10.1 Å². The minimum atomic E-state index is 0.423. The molecular formula is C18H30N2O. The fourth-order valence-electron chi connectivity index (χ4n) is 3.10. The Morgan fingerprint density at radius 1 is 1.29 bits per heavy atom. The summed E-state index contributed by atoms with van der Waals surface area (Å²) in [5.41, 5.74) is 1.39. The second-order valence-corrected chi connectivity index (χ2v) is 5.90. The third kappa shape index (κ3) is 5.42. The number of nitrogens with zero attached hydrogens (tertiary/aromatic N) is 1. The molecule has 0 bridgehead atoms. The van der Waals surface area contributed by atoms with Crippen LogP contribution in [0.2, 0.25) is 0 Å². The molecule has 0 radical (unpaired) electrons. The van der Waals surface area contributed by atoms with Crippen LogP contribution in [0.4, 0.5) is 0 Å². The third-order valence-corrected chi connectivity index (χ3v) is 4.15. The van der Waals surface area contributed by atoms with Crippen LogP contribution in [-0.2, 0) is 4.74 Å². The average molecular weight is 290 g/mol. The topological polar surface area (TPSA) is 24.5 Å². The molecular weight excluding hydrogens is 260 g/mol. The summed E-state index contributed by atoms with van der Waals surface area (Å²) >= 11 is 0. The maximum atomic E-state index is 5.82. The SMILES string of the molecule is CCCNC(CN1CCCC(OCC)C1)c1ccccc1. The summed E-state index contributed by atoms with van der Waals surface area (Å²) in [5, 5.41) is 3.70. The predicted molar refractivity (Wildman–Crippen MR) is 88.6 cm³/mol. The first kappa shape index (κ1) is 16.5. The molecule has 0 amide bonds. The summed E-state index contributed by atoms with van der Waals surface area (Å²) < 4.78 is 5.82. The second kappa shape index (κ2) is 9.19. The van der Waals surface area contributed by atoms with Crippen LogP contribution in [0.5, 0.6) is 0 Å². The number of nitrogens with one attached hydrogen (secondary N) is 1. The van der Waals surface area contributed by atoms with Crippen molar-refractivity contribution in [1.29, 1.82) is 0 Å². The van der Waals surface area contributed by atoms with Gasteiger partial charge in [0.05, 0.1) is 6.10 Å². The lowest BCUT2D eigenvalue weighted by Crippen LogP contribution is -2.44. The van der Waals surface area contributed by atoms with Gasteiger partial charge in [-0.15, -0.1) is 0 Å². The fourth-order valence-corrected chi connectivity index (χ4v) is 3.10. The van der Waals surface area contributed by atoms with Gasteiger partial charge >= 0.3 is 0 Å². The summed E-state index contributed by atoms with van der Waals surface area (Å²) in [6.45, 7) is 9.56. The molecule has 1 aromatic carbocycles. The normalized spacial score (nSPS) is 21.3. The van der Waals surface area contributed by atoms with E-state index >= 15 is 0 Å². The number of likely N-dealkylation sites (tertiary alicyclic amines) is 1. The van der Waals surface area contributed by atoms with Crippen molar-refractivity contribution in [3.05, 3.63) is 35.9 Å². The highest BCUT2D eigenvalue weighted by Crippen LogP contribution is 2.19. The Morgan fingerprint density at radius 2 is 2.10 bits per heavy atom. The summed E-state index contributed by atoms with van der Waals surface area (Å²) in [6.07, 6.45) is 4.06. The first-order valence-electron chi connectivity index (χ1n) is 8.45. The zero-order valence-corrected chi connectivity index (χ0v) is 13.6. The molecule has 2 atom stereocenters. The average Bonchev–Trinajstić information content (AvgIpc) is 2.53. The largest absolute Gasteiger partial charge is 0.377 e. The molecule has 1 heterocycles. The highest BCUT2D eigenvalue weighted by atomic mass is 16.5. The summed E-state index contributed by atoms with van der Waals surface area (Å²) in [6, 6.07) is 11.2. The molecule has 2 rings (SSSR count). The number of rotatable bonds is 8. The predicted octanol–water partition coefficient (Wildman–Crippen LogP) is 3.23. The quantitative estimate of drug-likeness (QED) is 0.795. The van der Waals surface area contributed by atoms with E-state index in [0.29, 0.717) is 12.1 Å². The van der Waals surface area contributed by atoms with Gasteiger partial charge in [0.2, 0.25) is 0 Å². The standard InChI is InChI=1S/C18H30N2O/c1-3-12-19-18(16-9-6-5-7-10-16)15-20-13-8-11-17(14-20)21-4-2/h5-7,9-10,17-19H,3-4,8,11-15H2,1-2H3. The van der Waals surface area contributed by atoms with Crippen molar-refractivity contribution < 1.29 is 4.74 Å². The highest BCUT2D eigenvalue weighted by Gasteiger charge is 2.23. The van der Waals surface area contributed by atoms with Gasteiger partial charge in [-0.1, -0.05) is 37.3 Å². The van der Waals surface area contributed by atoms with Crippen molar-refractivity contribution in [3.63, 3.8) is 0 Å². The maximum absolute atomic E-state index is 5.82. The van der Waals surface area contributed by atoms with Gasteiger partial charge in [-0.25, -0.2) is 0 Å². The lowest BCUT2D eigenvalue weighted by Gasteiger charge is -2.35. The van der Waals surface area contributed by atoms with Crippen molar-refractivity contribution in [3.8, 4) is 0 Å². The van der Waals surface area contributed by atoms with Gasteiger partial charge in [0.1, 0.15) is 0 Å². The Labute approximate surface area is 129 Å². The number of hydrogen-bond donors (Lipinski definition) is 1. The molecule has 2 unspecified atom stereocenters. The van der Waals surface area contributed by atoms with Gasteiger partial charge in [-0.05, 0) is 44.8 Å². The van der Waals surface area contributed by atoms with Crippen molar-refractivity contribution >= 4 is 0 Å². The molecule has 3 nitrogen and oxygen atoms in total.